The number of halogens is 1. The number of hydrogen-bond donors (Lipinski definition) is 3. The molecule has 9 nitrogen and oxygen atoms in total. The van der Waals surface area contributed by atoms with Crippen LogP contribution in [0.25, 0.3) is 21.9 Å². The summed E-state index contributed by atoms with van der Waals surface area (Å²) in [6, 6.07) is 19.7. The van der Waals surface area contributed by atoms with Crippen molar-refractivity contribution in [2.75, 3.05) is 6.54 Å². The van der Waals surface area contributed by atoms with Crippen molar-refractivity contribution in [3.05, 3.63) is 88.7 Å². The number of rotatable bonds is 8. The molecule has 2 aliphatic carbocycles. The molecule has 0 unspecified atom stereocenters. The Kier molecular flexibility index (Phi) is 6.93. The first-order valence-electron chi connectivity index (χ1n) is 13.5. The van der Waals surface area contributed by atoms with Gasteiger partial charge < -0.3 is 16.0 Å². The number of amides is 3. The molecule has 10 heteroatoms. The van der Waals surface area contributed by atoms with Crippen LogP contribution in [0.4, 0.5) is 0 Å². The lowest BCUT2D eigenvalue weighted by Crippen LogP contribution is -2.40. The number of carbonyl (C=O) groups excluding carboxylic acids is 3. The Morgan fingerprint density at radius 3 is 2.56 bits per heavy atom. The molecule has 3 amide bonds. The maximum absolute atomic E-state index is 13.7. The molecule has 2 saturated carbocycles. The van der Waals surface area contributed by atoms with Crippen LogP contribution in [0, 0.1) is 11.3 Å². The highest BCUT2D eigenvalue weighted by Gasteiger charge is 2.47. The van der Waals surface area contributed by atoms with Crippen LogP contribution >= 0.6 is 11.6 Å². The predicted octanol–water partition coefficient (Wildman–Crippen LogP) is 4.37. The van der Waals surface area contributed by atoms with Crippen LogP contribution in [0.5, 0.6) is 0 Å². The summed E-state index contributed by atoms with van der Waals surface area (Å²) in [6.07, 6.45) is 7.86. The Balaban J connectivity index is 1.28. The van der Waals surface area contributed by atoms with Gasteiger partial charge in [0, 0.05) is 34.5 Å². The van der Waals surface area contributed by atoms with Crippen LogP contribution in [-0.4, -0.2) is 34.0 Å². The average Bonchev–Trinajstić information content (AvgIpc) is 3.93. The van der Waals surface area contributed by atoms with E-state index in [0.717, 1.165) is 53.1 Å². The summed E-state index contributed by atoms with van der Waals surface area (Å²) in [5.41, 5.74) is 3.29. The second kappa shape index (κ2) is 10.7. The lowest BCUT2D eigenvalue weighted by atomic mass is 9.92. The SMILES string of the molecule is N#CCNC(=O)C(=O)NCc1c(Cl)cccc1C(=O)NC1(c2cc(-c3cnn(C4CC4)c3)cc3ccccc23)CC1. The van der Waals surface area contributed by atoms with Gasteiger partial charge in [0.15, 0.2) is 0 Å². The Labute approximate surface area is 241 Å². The molecule has 206 valence electrons. The largest absolute Gasteiger partial charge is 0.344 e. The van der Waals surface area contributed by atoms with E-state index in [1.54, 1.807) is 24.3 Å². The summed E-state index contributed by atoms with van der Waals surface area (Å²) in [7, 11) is 0. The minimum absolute atomic E-state index is 0.127. The quantitative estimate of drug-likeness (QED) is 0.215. The van der Waals surface area contributed by atoms with Crippen molar-refractivity contribution in [2.24, 2.45) is 0 Å². The molecule has 0 spiro atoms. The summed E-state index contributed by atoms with van der Waals surface area (Å²) in [5, 5.41) is 23.6. The van der Waals surface area contributed by atoms with Crippen LogP contribution in [-0.2, 0) is 21.7 Å². The van der Waals surface area contributed by atoms with Crippen molar-refractivity contribution in [3.8, 4) is 17.2 Å². The van der Waals surface area contributed by atoms with Gasteiger partial charge in [-0.05, 0) is 71.8 Å². The van der Waals surface area contributed by atoms with Crippen molar-refractivity contribution < 1.29 is 14.4 Å². The third kappa shape index (κ3) is 5.39. The fourth-order valence-corrected chi connectivity index (χ4v) is 5.41. The highest BCUT2D eigenvalue weighted by atomic mass is 35.5. The fourth-order valence-electron chi connectivity index (χ4n) is 5.17. The number of nitrogens with one attached hydrogen (secondary N) is 3. The van der Waals surface area contributed by atoms with Crippen molar-refractivity contribution >= 4 is 40.1 Å². The topological polar surface area (TPSA) is 129 Å². The van der Waals surface area contributed by atoms with E-state index in [4.69, 9.17) is 16.9 Å². The van der Waals surface area contributed by atoms with E-state index in [-0.39, 0.29) is 19.0 Å². The molecule has 0 bridgehead atoms. The molecule has 3 aromatic carbocycles. The van der Waals surface area contributed by atoms with Crippen LogP contribution in [0.2, 0.25) is 5.02 Å². The molecule has 0 radical (unpaired) electrons. The molecular weight excluding hydrogens is 540 g/mol. The smallest absolute Gasteiger partial charge is 0.310 e. The van der Waals surface area contributed by atoms with Gasteiger partial charge in [0.25, 0.3) is 5.91 Å². The van der Waals surface area contributed by atoms with Gasteiger partial charge in [-0.3, -0.25) is 19.1 Å². The predicted molar refractivity (Wildman–Crippen MR) is 154 cm³/mol. The lowest BCUT2D eigenvalue weighted by Gasteiger charge is -2.22. The van der Waals surface area contributed by atoms with Crippen LogP contribution in [0.15, 0.2) is 67.0 Å². The number of fused-ring (bicyclic) bond motifs is 1. The van der Waals surface area contributed by atoms with Gasteiger partial charge in [-0.25, -0.2) is 0 Å². The number of nitriles is 1. The van der Waals surface area contributed by atoms with Gasteiger partial charge in [-0.2, -0.15) is 10.4 Å². The lowest BCUT2D eigenvalue weighted by molar-refractivity contribution is -0.139. The molecule has 3 N–H and O–H groups in total. The molecule has 2 aliphatic rings. The monoisotopic (exact) mass is 566 g/mol. The number of aromatic nitrogens is 2. The van der Waals surface area contributed by atoms with Gasteiger partial charge in [0.1, 0.15) is 6.54 Å². The minimum atomic E-state index is -0.934. The van der Waals surface area contributed by atoms with Crippen molar-refractivity contribution in [2.45, 2.75) is 43.8 Å². The summed E-state index contributed by atoms with van der Waals surface area (Å²) in [4.78, 5) is 37.8. The third-order valence-corrected chi connectivity index (χ3v) is 8.01. The molecule has 1 aromatic heterocycles. The van der Waals surface area contributed by atoms with Gasteiger partial charge in [0.05, 0.1) is 23.8 Å². The van der Waals surface area contributed by atoms with Crippen LogP contribution in [0.1, 0.15) is 53.2 Å². The summed E-state index contributed by atoms with van der Waals surface area (Å²) in [6.45, 7) is -0.412. The maximum atomic E-state index is 13.7. The second-order valence-corrected chi connectivity index (χ2v) is 10.9. The average molecular weight is 567 g/mol. The number of hydrogen-bond acceptors (Lipinski definition) is 5. The van der Waals surface area contributed by atoms with E-state index < -0.39 is 17.4 Å². The Morgan fingerprint density at radius 2 is 1.80 bits per heavy atom. The minimum Gasteiger partial charge on any atom is -0.344 e. The highest BCUT2D eigenvalue weighted by molar-refractivity contribution is 6.35. The van der Waals surface area contributed by atoms with E-state index in [2.05, 4.69) is 51.5 Å². The first kappa shape index (κ1) is 26.5. The highest BCUT2D eigenvalue weighted by Crippen LogP contribution is 2.49. The van der Waals surface area contributed by atoms with E-state index >= 15 is 0 Å². The van der Waals surface area contributed by atoms with E-state index in [1.807, 2.05) is 23.0 Å². The van der Waals surface area contributed by atoms with Crippen molar-refractivity contribution in [3.63, 3.8) is 0 Å². The van der Waals surface area contributed by atoms with Gasteiger partial charge in [0.2, 0.25) is 0 Å². The first-order valence-corrected chi connectivity index (χ1v) is 13.9. The summed E-state index contributed by atoms with van der Waals surface area (Å²) < 4.78 is 2.03. The molecule has 41 heavy (non-hydrogen) atoms. The molecule has 1 heterocycles. The standard InChI is InChI=1S/C31H27ClN6O3/c32-27-7-3-6-24(25(27)17-35-30(41)29(40)34-13-12-33)28(39)37-31(10-11-31)26-15-20(14-19-4-1-2-5-23(19)26)21-16-36-38(18-21)22-8-9-22/h1-7,14-16,18,22H,8-11,13,17H2,(H,34,40)(H,35,41)(H,37,39). The Bertz CT molecular complexity index is 1730. The summed E-state index contributed by atoms with van der Waals surface area (Å²) in [5.74, 6) is -2.17. The number of nitrogens with zero attached hydrogens (tertiary/aromatic N) is 3. The zero-order chi connectivity index (χ0) is 28.6. The molecule has 4 aromatic rings. The Morgan fingerprint density at radius 1 is 1.02 bits per heavy atom. The van der Waals surface area contributed by atoms with E-state index in [9.17, 15) is 14.4 Å². The maximum Gasteiger partial charge on any atom is 0.310 e. The zero-order valence-corrected chi connectivity index (χ0v) is 22.9. The third-order valence-electron chi connectivity index (χ3n) is 7.66. The molecule has 0 aliphatic heterocycles. The van der Waals surface area contributed by atoms with Crippen molar-refractivity contribution in [1.29, 1.82) is 5.26 Å². The van der Waals surface area contributed by atoms with E-state index in [1.165, 1.54) is 0 Å². The normalized spacial score (nSPS) is 15.1. The molecule has 0 atom stereocenters. The van der Waals surface area contributed by atoms with Gasteiger partial charge in [-0.1, -0.05) is 41.9 Å². The number of carbonyl (C=O) groups is 3. The summed E-state index contributed by atoms with van der Waals surface area (Å²) >= 11 is 6.44. The van der Waals surface area contributed by atoms with Gasteiger partial charge in [-0.15, -0.1) is 0 Å². The number of benzene rings is 3. The molecule has 0 saturated heterocycles. The fraction of sp³-hybridized carbons (Fsp3) is 0.258. The van der Waals surface area contributed by atoms with Crippen molar-refractivity contribution in [1.82, 2.24) is 25.7 Å². The molecule has 6 rings (SSSR count). The first-order chi connectivity index (χ1) is 19.9. The Hall–Kier alpha value is -4.68. The van der Waals surface area contributed by atoms with Crippen LogP contribution in [0.3, 0.4) is 0 Å². The van der Waals surface area contributed by atoms with Crippen LogP contribution < -0.4 is 16.0 Å². The molecular formula is C31H27ClN6O3. The van der Waals surface area contributed by atoms with E-state index in [0.29, 0.717) is 22.2 Å². The zero-order valence-electron chi connectivity index (χ0n) is 22.1. The molecule has 2 fully saturated rings. The second-order valence-electron chi connectivity index (χ2n) is 10.5. The van der Waals surface area contributed by atoms with Gasteiger partial charge >= 0.3 is 11.8 Å².